The zero-order chi connectivity index (χ0) is 18.8. The van der Waals surface area contributed by atoms with Gasteiger partial charge in [0.05, 0.1) is 4.90 Å². The van der Waals surface area contributed by atoms with Gasteiger partial charge in [0.25, 0.3) is 15.7 Å². The molecule has 0 heterocycles. The van der Waals surface area contributed by atoms with Crippen LogP contribution in [0.5, 0.6) is 0 Å². The van der Waals surface area contributed by atoms with E-state index in [1.165, 1.54) is 18.2 Å². The van der Waals surface area contributed by atoms with Crippen LogP contribution < -0.4 is 5.32 Å². The number of nitrogens with one attached hydrogen (secondary N) is 1. The fraction of sp³-hybridized carbons (Fsp3) is 0.133. The molecule has 0 aromatic heterocycles. The van der Waals surface area contributed by atoms with Crippen molar-refractivity contribution in [2.45, 2.75) is 16.9 Å². The highest BCUT2D eigenvalue weighted by Gasteiger charge is 2.46. The largest absolute Gasteiger partial charge is 0.501 e. The Kier molecular flexibility index (Phi) is 5.52. The van der Waals surface area contributed by atoms with E-state index in [4.69, 9.17) is 0 Å². The summed E-state index contributed by atoms with van der Waals surface area (Å²) in [4.78, 5) is 11.0. The Hall–Kier alpha value is -1.94. The lowest BCUT2D eigenvalue weighted by molar-refractivity contribution is -0.0436. The Morgan fingerprint density at radius 3 is 2.24 bits per heavy atom. The van der Waals surface area contributed by atoms with Crippen molar-refractivity contribution in [3.8, 4) is 0 Å². The third kappa shape index (κ3) is 4.37. The molecule has 0 bridgehead atoms. The molecule has 0 fully saturated rings. The van der Waals surface area contributed by atoms with Crippen LogP contribution in [0, 0.1) is 5.82 Å². The predicted molar refractivity (Wildman–Crippen MR) is 85.0 cm³/mol. The minimum atomic E-state index is -5.46. The highest BCUT2D eigenvalue weighted by Crippen LogP contribution is 2.30. The van der Waals surface area contributed by atoms with Crippen LogP contribution in [-0.4, -0.2) is 19.8 Å². The van der Waals surface area contributed by atoms with Gasteiger partial charge in [-0.25, -0.2) is 12.8 Å². The standard InChI is InChI=1S/C15H10BrF4NO3S/c16-13-6-3-11(17)7-10(13)8-21-14(22)9-1-4-12(5-2-9)25(23,24)15(18,19)20/h1-7H,8H2,(H,21,22). The van der Waals surface area contributed by atoms with Crippen molar-refractivity contribution in [2.75, 3.05) is 0 Å². The molecule has 134 valence electrons. The monoisotopic (exact) mass is 439 g/mol. The van der Waals surface area contributed by atoms with E-state index in [1.54, 1.807) is 0 Å². The third-order valence-electron chi connectivity index (χ3n) is 3.18. The van der Waals surface area contributed by atoms with E-state index in [0.717, 1.165) is 12.1 Å². The predicted octanol–water partition coefficient (Wildman–Crippen LogP) is 3.81. The molecule has 2 rings (SSSR count). The van der Waals surface area contributed by atoms with Gasteiger partial charge in [-0.15, -0.1) is 0 Å². The van der Waals surface area contributed by atoms with Crippen LogP contribution in [-0.2, 0) is 16.4 Å². The number of hydrogen-bond donors (Lipinski definition) is 1. The molecule has 2 aromatic carbocycles. The quantitative estimate of drug-likeness (QED) is 0.736. The second-order valence-electron chi connectivity index (χ2n) is 4.89. The molecule has 0 saturated carbocycles. The molecular weight excluding hydrogens is 430 g/mol. The first-order valence-corrected chi connectivity index (χ1v) is 8.93. The molecule has 1 amide bonds. The summed E-state index contributed by atoms with van der Waals surface area (Å²) in [6, 6.07) is 7.25. The van der Waals surface area contributed by atoms with Crippen LogP contribution >= 0.6 is 15.9 Å². The summed E-state index contributed by atoms with van der Waals surface area (Å²) in [5.74, 6) is -1.14. The smallest absolute Gasteiger partial charge is 0.348 e. The Labute approximate surface area is 148 Å². The van der Waals surface area contributed by atoms with Gasteiger partial charge in [0.2, 0.25) is 0 Å². The maximum atomic E-state index is 13.2. The van der Waals surface area contributed by atoms with Gasteiger partial charge in [-0.05, 0) is 48.0 Å². The normalized spacial score (nSPS) is 12.0. The molecule has 0 unspecified atom stereocenters. The summed E-state index contributed by atoms with van der Waals surface area (Å²) in [7, 11) is -5.46. The average molecular weight is 440 g/mol. The number of hydrogen-bond acceptors (Lipinski definition) is 3. The molecule has 0 aliphatic carbocycles. The van der Waals surface area contributed by atoms with E-state index in [1.807, 2.05) is 0 Å². The Morgan fingerprint density at radius 2 is 1.68 bits per heavy atom. The topological polar surface area (TPSA) is 63.2 Å². The number of alkyl halides is 3. The summed E-state index contributed by atoms with van der Waals surface area (Å²) in [6.07, 6.45) is 0. The number of amides is 1. The Bertz CT molecular complexity index is 896. The number of carbonyl (C=O) groups is 1. The maximum Gasteiger partial charge on any atom is 0.501 e. The number of halogens is 5. The molecule has 0 atom stereocenters. The molecule has 0 radical (unpaired) electrons. The average Bonchev–Trinajstić information content (AvgIpc) is 2.54. The molecule has 25 heavy (non-hydrogen) atoms. The number of benzene rings is 2. The van der Waals surface area contributed by atoms with Crippen LogP contribution in [0.25, 0.3) is 0 Å². The first kappa shape index (κ1) is 19.4. The number of sulfone groups is 1. The van der Waals surface area contributed by atoms with Crippen molar-refractivity contribution < 1.29 is 30.8 Å². The van der Waals surface area contributed by atoms with E-state index >= 15 is 0 Å². The van der Waals surface area contributed by atoms with E-state index in [2.05, 4.69) is 21.2 Å². The Balaban J connectivity index is 2.12. The molecule has 0 spiro atoms. The lowest BCUT2D eigenvalue weighted by atomic mass is 10.2. The minimum absolute atomic E-state index is 0.0280. The van der Waals surface area contributed by atoms with Crippen LogP contribution in [0.4, 0.5) is 17.6 Å². The van der Waals surface area contributed by atoms with Crippen LogP contribution in [0.3, 0.4) is 0 Å². The van der Waals surface area contributed by atoms with Gasteiger partial charge < -0.3 is 5.32 Å². The van der Waals surface area contributed by atoms with Crippen molar-refractivity contribution in [1.29, 1.82) is 0 Å². The fourth-order valence-corrected chi connectivity index (χ4v) is 3.02. The van der Waals surface area contributed by atoms with Gasteiger partial charge in [0.1, 0.15) is 5.82 Å². The highest BCUT2D eigenvalue weighted by molar-refractivity contribution is 9.10. The first-order valence-electron chi connectivity index (χ1n) is 6.66. The summed E-state index contributed by atoms with van der Waals surface area (Å²) in [5, 5.41) is 2.46. The van der Waals surface area contributed by atoms with Crippen molar-refractivity contribution in [3.05, 3.63) is 63.9 Å². The maximum absolute atomic E-state index is 13.2. The summed E-state index contributed by atoms with van der Waals surface area (Å²) < 4.78 is 73.6. The number of rotatable bonds is 4. The summed E-state index contributed by atoms with van der Waals surface area (Å²) in [6.45, 7) is -0.0280. The van der Waals surface area contributed by atoms with E-state index in [-0.39, 0.29) is 12.1 Å². The lowest BCUT2D eigenvalue weighted by Crippen LogP contribution is -2.24. The minimum Gasteiger partial charge on any atom is -0.348 e. The highest BCUT2D eigenvalue weighted by atomic mass is 79.9. The molecule has 4 nitrogen and oxygen atoms in total. The first-order chi connectivity index (χ1) is 11.5. The van der Waals surface area contributed by atoms with Crippen molar-refractivity contribution in [3.63, 3.8) is 0 Å². The van der Waals surface area contributed by atoms with Crippen LogP contribution in [0.1, 0.15) is 15.9 Å². The molecule has 0 aliphatic heterocycles. The molecular formula is C15H10BrF4NO3S. The van der Waals surface area contributed by atoms with E-state index in [9.17, 15) is 30.8 Å². The molecule has 2 aromatic rings. The van der Waals surface area contributed by atoms with Gasteiger partial charge >= 0.3 is 5.51 Å². The van der Waals surface area contributed by atoms with E-state index < -0.39 is 32.0 Å². The van der Waals surface area contributed by atoms with Crippen molar-refractivity contribution >= 4 is 31.7 Å². The Morgan fingerprint density at radius 1 is 1.08 bits per heavy atom. The fourth-order valence-electron chi connectivity index (χ4n) is 1.88. The van der Waals surface area contributed by atoms with Gasteiger partial charge in [-0.2, -0.15) is 13.2 Å². The van der Waals surface area contributed by atoms with Gasteiger partial charge in [0, 0.05) is 16.6 Å². The number of carbonyl (C=O) groups excluding carboxylic acids is 1. The van der Waals surface area contributed by atoms with Gasteiger partial charge in [-0.1, -0.05) is 15.9 Å². The lowest BCUT2D eigenvalue weighted by Gasteiger charge is -2.10. The zero-order valence-corrected chi connectivity index (χ0v) is 14.7. The second kappa shape index (κ2) is 7.12. The third-order valence-corrected chi connectivity index (χ3v) is 5.45. The zero-order valence-electron chi connectivity index (χ0n) is 12.3. The summed E-state index contributed by atoms with van der Waals surface area (Å²) >= 11 is 3.20. The second-order valence-corrected chi connectivity index (χ2v) is 7.69. The molecule has 10 heteroatoms. The molecule has 0 saturated heterocycles. The van der Waals surface area contributed by atoms with E-state index in [0.29, 0.717) is 22.2 Å². The van der Waals surface area contributed by atoms with Gasteiger partial charge in [-0.3, -0.25) is 4.79 Å². The van der Waals surface area contributed by atoms with Crippen LogP contribution in [0.2, 0.25) is 0 Å². The van der Waals surface area contributed by atoms with Crippen molar-refractivity contribution in [2.24, 2.45) is 0 Å². The molecule has 1 N–H and O–H groups in total. The summed E-state index contributed by atoms with van der Waals surface area (Å²) in [5.41, 5.74) is -4.99. The SMILES string of the molecule is O=C(NCc1cc(F)ccc1Br)c1ccc(S(=O)(=O)C(F)(F)F)cc1. The van der Waals surface area contributed by atoms with Gasteiger partial charge in [0.15, 0.2) is 0 Å². The van der Waals surface area contributed by atoms with Crippen molar-refractivity contribution in [1.82, 2.24) is 5.32 Å². The molecule has 0 aliphatic rings. The van der Waals surface area contributed by atoms with Crippen LogP contribution in [0.15, 0.2) is 51.8 Å².